The van der Waals surface area contributed by atoms with Crippen molar-refractivity contribution in [1.82, 2.24) is 0 Å². The van der Waals surface area contributed by atoms with Gasteiger partial charge in [-0.3, -0.25) is 0 Å². The maximum Gasteiger partial charge on any atom is 0.159 e. The van der Waals surface area contributed by atoms with E-state index in [9.17, 15) is 0 Å². The Hall–Kier alpha value is -12.3. The summed E-state index contributed by atoms with van der Waals surface area (Å²) in [6, 6.07) is 120. The Labute approximate surface area is 714 Å². The minimum absolute atomic E-state index is 0.162. The number of para-hydroxylation sites is 8. The summed E-state index contributed by atoms with van der Waals surface area (Å²) >= 11 is 3.97. The van der Waals surface area contributed by atoms with Gasteiger partial charge in [0, 0.05) is 120 Å². The van der Waals surface area contributed by atoms with Crippen molar-refractivity contribution in [2.75, 3.05) is 19.6 Å². The van der Waals surface area contributed by atoms with E-state index < -0.39 is 16.1 Å². The van der Waals surface area contributed by atoms with Crippen molar-refractivity contribution in [2.24, 2.45) is 0 Å². The summed E-state index contributed by atoms with van der Waals surface area (Å²) in [5.74, 6) is 0. The van der Waals surface area contributed by atoms with Crippen LogP contribution in [0.5, 0.6) is 0 Å². The lowest BCUT2D eigenvalue weighted by atomic mass is 9.74. The average molecular weight is 1630 g/mol. The van der Waals surface area contributed by atoms with Crippen LogP contribution in [-0.4, -0.2) is 16.1 Å². The van der Waals surface area contributed by atoms with Crippen LogP contribution in [0.25, 0.3) is 85.6 Å². The molecule has 588 valence electrons. The van der Waals surface area contributed by atoms with Gasteiger partial charge in [-0.25, -0.2) is 0 Å². The van der Waals surface area contributed by atoms with Crippen LogP contribution in [0.3, 0.4) is 0 Å². The molecule has 4 aliphatic rings. The molecule has 0 N–H and O–H groups in total. The summed E-state index contributed by atoms with van der Waals surface area (Å²) in [5.41, 5.74) is 33.2. The summed E-state index contributed by atoms with van der Waals surface area (Å²) in [4.78, 5) is 15.2. The molecule has 0 saturated carbocycles. The van der Waals surface area contributed by atoms with Gasteiger partial charge in [-0.15, -0.1) is 22.7 Å². The van der Waals surface area contributed by atoms with Crippen molar-refractivity contribution < 1.29 is 8.83 Å². The Balaban J connectivity index is 0.000000149. The fraction of sp³-hybridized carbons (Fsp3) is 0.164. The molecular weight excluding hydrogens is 1530 g/mol. The second-order valence-corrected chi connectivity index (χ2v) is 49.4. The molecule has 4 heterocycles. The van der Waals surface area contributed by atoms with E-state index >= 15 is 0 Å². The summed E-state index contributed by atoms with van der Waals surface area (Å²) < 4.78 is 13.3. The van der Waals surface area contributed by atoms with Crippen LogP contribution in [0, 0.1) is 0 Å². The van der Waals surface area contributed by atoms with E-state index in [-0.39, 0.29) is 21.7 Å². The molecule has 18 aromatic rings. The van der Waals surface area contributed by atoms with E-state index in [1.54, 1.807) is 0 Å². The van der Waals surface area contributed by atoms with Gasteiger partial charge >= 0.3 is 0 Å². The Kier molecular flexibility index (Phi) is 17.3. The molecule has 120 heavy (non-hydrogen) atoms. The van der Waals surface area contributed by atoms with E-state index in [0.29, 0.717) is 0 Å². The standard InChI is InChI=1S/C58H42N2O2S.C52H54N2SSi2/c1-57(2)45-33-37(59(35-17-7-5-8-18-35)47-25-15-23-41-39-21-11-13-27-49(39)61-53(41)47)29-31-43(45)55-51(57)52-56(63-55)44-32-30-38(34-46(44)58(52,3)4)60(36-19-9-6-10-20-36)48-26-16-24-42-40-22-12-14-28-50(40)62-54(42)48;1-51(2)45-33-39(53(35-17-13-11-14-18-35)37-21-27-41(28-22-37)56(5,6)7)25-31-43(45)49-47(51)48-50(55-49)44-32-26-40(34-46(44)52(48,3)4)54(36-19-15-12-16-20-36)38-23-29-42(30-24-38)57(8,9)10/h5-34H,1-4H3;11-34H,1-10H3. The zero-order chi connectivity index (χ0) is 82.3. The molecule has 10 heteroatoms. The van der Waals surface area contributed by atoms with Gasteiger partial charge in [0.15, 0.2) is 11.2 Å². The fourth-order valence-electron chi connectivity index (χ4n) is 20.2. The van der Waals surface area contributed by atoms with E-state index in [2.05, 4.69) is 430 Å². The molecule has 0 unspecified atom stereocenters. The summed E-state index contributed by atoms with van der Waals surface area (Å²) in [6.45, 7) is 34.0. The van der Waals surface area contributed by atoms with Gasteiger partial charge in [-0.2, -0.15) is 0 Å². The van der Waals surface area contributed by atoms with Crippen molar-refractivity contribution >= 4 is 161 Å². The molecule has 22 rings (SSSR count). The van der Waals surface area contributed by atoms with E-state index in [1.165, 1.54) is 131 Å². The van der Waals surface area contributed by atoms with Crippen LogP contribution in [0.2, 0.25) is 39.3 Å². The Morgan fingerprint density at radius 2 is 0.475 bits per heavy atom. The van der Waals surface area contributed by atoms with Crippen LogP contribution in [0.4, 0.5) is 68.2 Å². The molecule has 6 nitrogen and oxygen atoms in total. The molecule has 0 radical (unpaired) electrons. The number of thiophene rings is 2. The SMILES string of the molecule is CC1(C)c2cc(N(c3ccccc3)c3ccc([Si](C)(C)C)cc3)ccc2-c2sc3c(c21)C(C)(C)c1cc(N(c2ccccc2)c2ccc([Si](C)(C)C)cc2)ccc1-3.CC1(C)c2cc(N(c3ccccc3)c3cccc4c3oc3ccccc34)ccc2-c2sc3c(c21)C(C)(C)c1cc(N(c2ccccc2)c2cccc4c2oc2ccccc24)ccc1-3. The first-order valence-corrected chi connectivity index (χ1v) is 50.8. The van der Waals surface area contributed by atoms with Gasteiger partial charge < -0.3 is 28.4 Å². The van der Waals surface area contributed by atoms with Gasteiger partial charge in [-0.1, -0.05) is 287 Å². The molecule has 0 bridgehead atoms. The van der Waals surface area contributed by atoms with E-state index in [1.807, 2.05) is 34.8 Å². The van der Waals surface area contributed by atoms with Crippen LogP contribution < -0.4 is 30.0 Å². The number of hydrogen-bond donors (Lipinski definition) is 0. The molecular formula is C110H96N4O2S2Si2. The molecule has 4 aliphatic carbocycles. The van der Waals surface area contributed by atoms with Gasteiger partial charge in [0.1, 0.15) is 11.2 Å². The number of benzene rings is 14. The smallest absolute Gasteiger partial charge is 0.159 e. The maximum absolute atomic E-state index is 6.64. The molecule has 0 aliphatic heterocycles. The van der Waals surface area contributed by atoms with E-state index in [0.717, 1.165) is 78.0 Å². The van der Waals surface area contributed by atoms with Crippen LogP contribution in [0.15, 0.2) is 336 Å². The third kappa shape index (κ3) is 11.8. The first-order chi connectivity index (χ1) is 57.8. The highest BCUT2D eigenvalue weighted by atomic mass is 32.1. The minimum Gasteiger partial charge on any atom is -0.454 e. The molecule has 0 saturated heterocycles. The van der Waals surface area contributed by atoms with Crippen LogP contribution in [-0.2, 0) is 21.7 Å². The first-order valence-electron chi connectivity index (χ1n) is 42.2. The predicted molar refractivity (Wildman–Crippen MR) is 518 cm³/mol. The molecule has 0 atom stereocenters. The zero-order valence-corrected chi connectivity index (χ0v) is 74.2. The predicted octanol–water partition coefficient (Wildman–Crippen LogP) is 31.5. The second kappa shape index (κ2) is 27.6. The normalized spacial score (nSPS) is 14.5. The third-order valence-corrected chi connectivity index (χ3v) is 33.0. The number of nitrogens with zero attached hydrogens (tertiary/aromatic N) is 4. The van der Waals surface area contributed by atoms with E-state index in [4.69, 9.17) is 8.83 Å². The quantitative estimate of drug-likeness (QED) is 0.101. The number of furan rings is 2. The van der Waals surface area contributed by atoms with Crippen LogP contribution >= 0.6 is 22.7 Å². The van der Waals surface area contributed by atoms with Gasteiger partial charge in [-0.05, 0) is 212 Å². The van der Waals surface area contributed by atoms with Crippen molar-refractivity contribution in [2.45, 2.75) is 116 Å². The second-order valence-electron chi connectivity index (χ2n) is 37.2. The zero-order valence-electron chi connectivity index (χ0n) is 70.6. The maximum atomic E-state index is 6.64. The largest absolute Gasteiger partial charge is 0.454 e. The Morgan fingerprint density at radius 1 is 0.233 bits per heavy atom. The van der Waals surface area contributed by atoms with Gasteiger partial charge in [0.05, 0.1) is 27.5 Å². The monoisotopic (exact) mass is 1620 g/mol. The number of hydrogen-bond acceptors (Lipinski definition) is 8. The van der Waals surface area contributed by atoms with Crippen molar-refractivity contribution in [3.63, 3.8) is 0 Å². The van der Waals surface area contributed by atoms with Crippen molar-refractivity contribution in [1.29, 1.82) is 0 Å². The fourth-order valence-corrected chi connectivity index (χ4v) is 25.9. The molecule has 0 fully saturated rings. The first kappa shape index (κ1) is 75.2. The number of fused-ring (bicyclic) bond motifs is 20. The molecule has 0 spiro atoms. The number of anilines is 12. The summed E-state index contributed by atoms with van der Waals surface area (Å²) in [7, 11) is -2.84. The third-order valence-electron chi connectivity index (χ3n) is 26.3. The van der Waals surface area contributed by atoms with Gasteiger partial charge in [0.25, 0.3) is 0 Å². The highest BCUT2D eigenvalue weighted by Gasteiger charge is 2.51. The Morgan fingerprint density at radius 3 is 0.767 bits per heavy atom. The molecule has 4 aromatic heterocycles. The van der Waals surface area contributed by atoms with Crippen molar-refractivity contribution in [3.8, 4) is 41.8 Å². The van der Waals surface area contributed by atoms with Crippen molar-refractivity contribution in [3.05, 3.63) is 372 Å². The summed E-state index contributed by atoms with van der Waals surface area (Å²) in [5, 5.41) is 7.45. The number of rotatable bonds is 14. The lowest BCUT2D eigenvalue weighted by Crippen LogP contribution is -2.37. The molecule has 0 amide bonds. The summed E-state index contributed by atoms with van der Waals surface area (Å²) in [6.07, 6.45) is 0. The topological polar surface area (TPSA) is 39.2 Å². The average Bonchev–Trinajstić information content (AvgIpc) is 1.52. The van der Waals surface area contributed by atoms with Crippen LogP contribution in [0.1, 0.15) is 99.9 Å². The minimum atomic E-state index is -1.42. The Bertz CT molecular complexity index is 6700. The highest BCUT2D eigenvalue weighted by Crippen LogP contribution is 2.67. The van der Waals surface area contributed by atoms with Gasteiger partial charge in [0.2, 0.25) is 0 Å². The lowest BCUT2D eigenvalue weighted by Gasteiger charge is -2.31. The lowest BCUT2D eigenvalue weighted by molar-refractivity contribution is 0.603. The molecule has 14 aromatic carbocycles. The highest BCUT2D eigenvalue weighted by molar-refractivity contribution is 7.20.